The van der Waals surface area contributed by atoms with E-state index in [4.69, 9.17) is 20.9 Å². The summed E-state index contributed by atoms with van der Waals surface area (Å²) >= 11 is 5.92. The van der Waals surface area contributed by atoms with Gasteiger partial charge in [0.05, 0.1) is 13.2 Å². The summed E-state index contributed by atoms with van der Waals surface area (Å²) in [4.78, 5) is 6.54. The van der Waals surface area contributed by atoms with Gasteiger partial charge in [-0.2, -0.15) is 4.98 Å². The number of rotatable bonds is 4. The molecule has 1 aromatic heterocycles. The van der Waals surface area contributed by atoms with E-state index < -0.39 is 0 Å². The second kappa shape index (κ2) is 6.45. The summed E-state index contributed by atoms with van der Waals surface area (Å²) < 4.78 is 11.1. The molecule has 1 fully saturated rings. The molecular weight excluding hydrogens is 290 g/mol. The van der Waals surface area contributed by atoms with E-state index in [-0.39, 0.29) is 6.10 Å². The Morgan fingerprint density at radius 3 is 2.90 bits per heavy atom. The lowest BCUT2D eigenvalue weighted by atomic mass is 10.1. The molecule has 3 rings (SSSR count). The molecule has 5 nitrogen and oxygen atoms in total. The van der Waals surface area contributed by atoms with Crippen LogP contribution in [-0.2, 0) is 11.2 Å². The number of hydrogen-bond donors (Lipinski definition) is 0. The number of halogens is 1. The minimum absolute atomic E-state index is 0.00384. The number of hydrogen-bond acceptors (Lipinski definition) is 5. The van der Waals surface area contributed by atoms with Gasteiger partial charge in [0.15, 0.2) is 0 Å². The first-order valence-corrected chi connectivity index (χ1v) is 7.58. The molecule has 1 aromatic carbocycles. The minimum Gasteiger partial charge on any atom is -0.370 e. The lowest BCUT2D eigenvalue weighted by Gasteiger charge is -2.32. The summed E-state index contributed by atoms with van der Waals surface area (Å²) in [6.45, 7) is 4.22. The van der Waals surface area contributed by atoms with Crippen LogP contribution in [0.5, 0.6) is 0 Å². The molecule has 1 aliphatic rings. The van der Waals surface area contributed by atoms with E-state index in [1.165, 1.54) is 0 Å². The van der Waals surface area contributed by atoms with Gasteiger partial charge >= 0.3 is 0 Å². The van der Waals surface area contributed by atoms with Crippen LogP contribution in [-0.4, -0.2) is 29.8 Å². The summed E-state index contributed by atoms with van der Waals surface area (Å²) in [5.41, 5.74) is 1.11. The molecule has 6 heteroatoms. The number of ether oxygens (including phenoxy) is 1. The Balaban J connectivity index is 1.71. The number of benzene rings is 1. The van der Waals surface area contributed by atoms with Crippen LogP contribution in [0.2, 0.25) is 5.02 Å². The topological polar surface area (TPSA) is 51.4 Å². The summed E-state index contributed by atoms with van der Waals surface area (Å²) in [6, 6.07) is 7.75. The van der Waals surface area contributed by atoms with E-state index in [0.29, 0.717) is 25.0 Å². The average molecular weight is 308 g/mol. The fourth-order valence-electron chi connectivity index (χ4n) is 2.40. The Labute approximate surface area is 128 Å². The minimum atomic E-state index is 0.00384. The van der Waals surface area contributed by atoms with Crippen LogP contribution in [0.4, 0.5) is 5.95 Å². The predicted octanol–water partition coefficient (Wildman–Crippen LogP) is 3.25. The van der Waals surface area contributed by atoms with Crippen LogP contribution in [0.25, 0.3) is 0 Å². The molecule has 112 valence electrons. The van der Waals surface area contributed by atoms with E-state index in [1.54, 1.807) is 0 Å². The Bertz CT molecular complexity index is 585. The molecule has 2 heterocycles. The van der Waals surface area contributed by atoms with Crippen molar-refractivity contribution in [2.75, 3.05) is 24.6 Å². The normalized spacial score (nSPS) is 19.0. The van der Waals surface area contributed by atoms with E-state index in [0.717, 1.165) is 30.0 Å². The summed E-state index contributed by atoms with van der Waals surface area (Å²) in [6.07, 6.45) is 1.82. The third-order valence-electron chi connectivity index (χ3n) is 3.51. The van der Waals surface area contributed by atoms with Crippen LogP contribution < -0.4 is 4.90 Å². The van der Waals surface area contributed by atoms with Crippen molar-refractivity contribution in [3.8, 4) is 0 Å². The molecule has 0 unspecified atom stereocenters. The zero-order valence-corrected chi connectivity index (χ0v) is 12.7. The largest absolute Gasteiger partial charge is 0.370 e. The lowest BCUT2D eigenvalue weighted by Crippen LogP contribution is -2.39. The monoisotopic (exact) mass is 307 g/mol. The molecule has 0 radical (unpaired) electrons. The highest BCUT2D eigenvalue weighted by Crippen LogP contribution is 2.25. The average Bonchev–Trinajstić information content (AvgIpc) is 2.97. The maximum atomic E-state index is 5.92. The highest BCUT2D eigenvalue weighted by Gasteiger charge is 2.25. The highest BCUT2D eigenvalue weighted by atomic mass is 35.5. The van der Waals surface area contributed by atoms with Gasteiger partial charge in [-0.3, -0.25) is 0 Å². The molecule has 1 saturated heterocycles. The standard InChI is InChI=1S/C15H18ClN3O2/c1-2-3-14-17-15(18-21-14)19-8-9-20-13(10-19)11-4-6-12(16)7-5-11/h4-7,13H,2-3,8-10H2,1H3/t13-/m1/s1. The Kier molecular flexibility index (Phi) is 4.41. The first kappa shape index (κ1) is 14.4. The maximum absolute atomic E-state index is 5.92. The maximum Gasteiger partial charge on any atom is 0.266 e. The van der Waals surface area contributed by atoms with Gasteiger partial charge in [0.25, 0.3) is 5.95 Å². The van der Waals surface area contributed by atoms with Crippen LogP contribution in [0.3, 0.4) is 0 Å². The van der Waals surface area contributed by atoms with Crippen LogP contribution >= 0.6 is 11.6 Å². The fourth-order valence-corrected chi connectivity index (χ4v) is 2.53. The molecule has 0 amide bonds. The SMILES string of the molecule is CCCc1nc(N2CCO[C@@H](c3ccc(Cl)cc3)C2)no1. The van der Waals surface area contributed by atoms with E-state index in [1.807, 2.05) is 24.3 Å². The second-order valence-corrected chi connectivity index (χ2v) is 5.53. The molecule has 0 saturated carbocycles. The third-order valence-corrected chi connectivity index (χ3v) is 3.76. The molecule has 0 N–H and O–H groups in total. The first-order chi connectivity index (χ1) is 10.3. The molecule has 0 bridgehead atoms. The van der Waals surface area contributed by atoms with Gasteiger partial charge in [0.1, 0.15) is 6.10 Å². The number of aromatic nitrogens is 2. The van der Waals surface area contributed by atoms with Gasteiger partial charge in [-0.25, -0.2) is 0 Å². The molecule has 2 aromatic rings. The van der Waals surface area contributed by atoms with Gasteiger partial charge in [-0.1, -0.05) is 30.7 Å². The number of anilines is 1. The van der Waals surface area contributed by atoms with Gasteiger partial charge in [0.2, 0.25) is 5.89 Å². The predicted molar refractivity (Wildman–Crippen MR) is 80.7 cm³/mol. The molecule has 0 aliphatic carbocycles. The lowest BCUT2D eigenvalue weighted by molar-refractivity contribution is 0.0391. The smallest absolute Gasteiger partial charge is 0.266 e. The van der Waals surface area contributed by atoms with Gasteiger partial charge in [-0.15, -0.1) is 0 Å². The molecule has 21 heavy (non-hydrogen) atoms. The van der Waals surface area contributed by atoms with Crippen molar-refractivity contribution in [1.29, 1.82) is 0 Å². The molecule has 0 spiro atoms. The van der Waals surface area contributed by atoms with Crippen molar-refractivity contribution in [2.45, 2.75) is 25.9 Å². The zero-order chi connectivity index (χ0) is 14.7. The number of aryl methyl sites for hydroxylation is 1. The van der Waals surface area contributed by atoms with Crippen molar-refractivity contribution in [3.05, 3.63) is 40.7 Å². The zero-order valence-electron chi connectivity index (χ0n) is 12.0. The quantitative estimate of drug-likeness (QED) is 0.868. The first-order valence-electron chi connectivity index (χ1n) is 7.21. The van der Waals surface area contributed by atoms with Gasteiger partial charge in [0, 0.05) is 18.0 Å². The van der Waals surface area contributed by atoms with E-state index >= 15 is 0 Å². The van der Waals surface area contributed by atoms with Gasteiger partial charge < -0.3 is 14.2 Å². The number of nitrogens with zero attached hydrogens (tertiary/aromatic N) is 3. The van der Waals surface area contributed by atoms with E-state index in [9.17, 15) is 0 Å². The molecule has 1 atom stereocenters. The molecular formula is C15H18ClN3O2. The molecule has 1 aliphatic heterocycles. The second-order valence-electron chi connectivity index (χ2n) is 5.10. The van der Waals surface area contributed by atoms with Crippen LogP contribution in [0.15, 0.2) is 28.8 Å². The van der Waals surface area contributed by atoms with E-state index in [2.05, 4.69) is 22.0 Å². The Hall–Kier alpha value is -1.59. The number of morpholine rings is 1. The van der Waals surface area contributed by atoms with Crippen LogP contribution in [0.1, 0.15) is 30.9 Å². The summed E-state index contributed by atoms with van der Waals surface area (Å²) in [7, 11) is 0. The Morgan fingerprint density at radius 2 is 2.14 bits per heavy atom. The van der Waals surface area contributed by atoms with Crippen molar-refractivity contribution in [3.63, 3.8) is 0 Å². The Morgan fingerprint density at radius 1 is 1.33 bits per heavy atom. The fraction of sp³-hybridized carbons (Fsp3) is 0.467. The third kappa shape index (κ3) is 3.36. The summed E-state index contributed by atoms with van der Waals surface area (Å²) in [5.74, 6) is 1.35. The van der Waals surface area contributed by atoms with Crippen molar-refractivity contribution in [1.82, 2.24) is 10.1 Å². The van der Waals surface area contributed by atoms with Crippen molar-refractivity contribution < 1.29 is 9.26 Å². The van der Waals surface area contributed by atoms with Crippen molar-refractivity contribution in [2.24, 2.45) is 0 Å². The summed E-state index contributed by atoms with van der Waals surface area (Å²) in [5, 5.41) is 4.79. The van der Waals surface area contributed by atoms with Gasteiger partial charge in [-0.05, 0) is 29.3 Å². The highest BCUT2D eigenvalue weighted by molar-refractivity contribution is 6.30. The van der Waals surface area contributed by atoms with Crippen molar-refractivity contribution >= 4 is 17.5 Å². The van der Waals surface area contributed by atoms with Crippen LogP contribution in [0, 0.1) is 0 Å².